The quantitative estimate of drug-likeness (QED) is 0.849. The lowest BCUT2D eigenvalue weighted by Gasteiger charge is -2.16. The largest absolute Gasteiger partial charge is 0.508 e. The van der Waals surface area contributed by atoms with Crippen molar-refractivity contribution in [3.63, 3.8) is 0 Å². The normalized spacial score (nSPS) is 11.9. The summed E-state index contributed by atoms with van der Waals surface area (Å²) in [4.78, 5) is 12.2. The lowest BCUT2D eigenvalue weighted by molar-refractivity contribution is -0.126. The number of methoxy groups -OCH3 is 1. The van der Waals surface area contributed by atoms with E-state index in [0.29, 0.717) is 5.69 Å². The third-order valence-corrected chi connectivity index (χ3v) is 3.10. The molecule has 0 aliphatic heterocycles. The average Bonchev–Trinajstić information content (AvgIpc) is 2.44. The van der Waals surface area contributed by atoms with E-state index in [1.165, 1.54) is 25.3 Å². The molecular formula is C15H14ClNO3. The van der Waals surface area contributed by atoms with Crippen LogP contribution in [0.1, 0.15) is 11.7 Å². The second kappa shape index (κ2) is 6.41. The highest BCUT2D eigenvalue weighted by atomic mass is 35.5. The Morgan fingerprint density at radius 3 is 2.55 bits per heavy atom. The van der Waals surface area contributed by atoms with Crippen molar-refractivity contribution in [3.8, 4) is 5.75 Å². The van der Waals surface area contributed by atoms with Gasteiger partial charge in [0.1, 0.15) is 5.75 Å². The molecule has 0 saturated heterocycles. The topological polar surface area (TPSA) is 58.6 Å². The van der Waals surface area contributed by atoms with Crippen LogP contribution in [0.4, 0.5) is 5.69 Å². The van der Waals surface area contributed by atoms with Gasteiger partial charge < -0.3 is 15.2 Å². The molecule has 0 aromatic heterocycles. The maximum absolute atomic E-state index is 12.2. The summed E-state index contributed by atoms with van der Waals surface area (Å²) in [6.45, 7) is 0. The summed E-state index contributed by atoms with van der Waals surface area (Å²) in [5.41, 5.74) is 1.18. The van der Waals surface area contributed by atoms with Crippen molar-refractivity contribution >= 4 is 23.2 Å². The number of phenols is 1. The zero-order valence-corrected chi connectivity index (χ0v) is 11.6. The van der Waals surface area contributed by atoms with Gasteiger partial charge in [0, 0.05) is 13.2 Å². The van der Waals surface area contributed by atoms with Crippen molar-refractivity contribution in [2.24, 2.45) is 0 Å². The number of halogens is 1. The fourth-order valence-corrected chi connectivity index (χ4v) is 2.05. The zero-order valence-electron chi connectivity index (χ0n) is 10.8. The number of hydrogen-bond acceptors (Lipinski definition) is 3. The van der Waals surface area contributed by atoms with Crippen LogP contribution in [0, 0.1) is 0 Å². The Hall–Kier alpha value is -2.04. The first-order valence-electron chi connectivity index (χ1n) is 5.99. The fraction of sp³-hybridized carbons (Fsp3) is 0.133. The Labute approximate surface area is 122 Å². The molecule has 0 saturated carbocycles. The molecule has 1 amide bonds. The summed E-state index contributed by atoms with van der Waals surface area (Å²) in [7, 11) is 1.47. The van der Waals surface area contributed by atoms with E-state index in [1.54, 1.807) is 0 Å². The van der Waals surface area contributed by atoms with Crippen LogP contribution in [0.2, 0.25) is 5.02 Å². The molecule has 0 spiro atoms. The maximum atomic E-state index is 12.2. The lowest BCUT2D eigenvalue weighted by atomic mass is 10.1. The third-order valence-electron chi connectivity index (χ3n) is 2.79. The van der Waals surface area contributed by atoms with Gasteiger partial charge in [-0.3, -0.25) is 4.79 Å². The maximum Gasteiger partial charge on any atom is 0.258 e. The van der Waals surface area contributed by atoms with E-state index >= 15 is 0 Å². The second-order valence-electron chi connectivity index (χ2n) is 4.18. The average molecular weight is 292 g/mol. The Morgan fingerprint density at radius 1 is 1.25 bits per heavy atom. The van der Waals surface area contributed by atoms with Gasteiger partial charge in [0.15, 0.2) is 6.10 Å². The molecule has 2 aromatic carbocycles. The summed E-state index contributed by atoms with van der Waals surface area (Å²) in [6.07, 6.45) is -0.721. The van der Waals surface area contributed by atoms with Gasteiger partial charge in [-0.2, -0.15) is 0 Å². The van der Waals surface area contributed by atoms with E-state index < -0.39 is 6.10 Å². The number of aromatic hydroxyl groups is 1. The summed E-state index contributed by atoms with van der Waals surface area (Å²) >= 11 is 5.95. The third kappa shape index (κ3) is 3.29. The molecule has 2 aromatic rings. The number of carbonyl (C=O) groups is 1. The van der Waals surface area contributed by atoms with Crippen molar-refractivity contribution in [2.45, 2.75) is 6.10 Å². The van der Waals surface area contributed by atoms with Crippen LogP contribution in [0.15, 0.2) is 48.5 Å². The molecule has 5 heteroatoms. The molecule has 2 N–H and O–H groups in total. The number of carbonyl (C=O) groups excluding carboxylic acids is 1. The van der Waals surface area contributed by atoms with Crippen LogP contribution >= 0.6 is 11.6 Å². The molecule has 1 atom stereocenters. The van der Waals surface area contributed by atoms with Crippen LogP contribution in [0.25, 0.3) is 0 Å². The van der Waals surface area contributed by atoms with E-state index in [1.807, 2.05) is 30.3 Å². The van der Waals surface area contributed by atoms with Crippen LogP contribution < -0.4 is 5.32 Å². The van der Waals surface area contributed by atoms with Crippen LogP contribution in [0.3, 0.4) is 0 Å². The molecule has 0 heterocycles. The SMILES string of the molecule is COC(C(=O)Nc1ccc(O)cc1Cl)c1ccccc1. The van der Waals surface area contributed by atoms with E-state index in [2.05, 4.69) is 5.32 Å². The molecule has 20 heavy (non-hydrogen) atoms. The number of benzene rings is 2. The first-order chi connectivity index (χ1) is 9.61. The number of phenolic OH excluding ortho intramolecular Hbond substituents is 1. The van der Waals surface area contributed by atoms with E-state index in [0.717, 1.165) is 5.56 Å². The predicted molar refractivity (Wildman–Crippen MR) is 77.9 cm³/mol. The van der Waals surface area contributed by atoms with Crippen molar-refractivity contribution < 1.29 is 14.6 Å². The van der Waals surface area contributed by atoms with Crippen molar-refractivity contribution in [3.05, 3.63) is 59.1 Å². The van der Waals surface area contributed by atoms with Gasteiger partial charge in [0.2, 0.25) is 0 Å². The summed E-state index contributed by atoms with van der Waals surface area (Å²) in [6, 6.07) is 13.5. The van der Waals surface area contributed by atoms with Gasteiger partial charge in [-0.1, -0.05) is 41.9 Å². The summed E-state index contributed by atoms with van der Waals surface area (Å²) in [5.74, 6) is -0.286. The highest BCUT2D eigenvalue weighted by Crippen LogP contribution is 2.27. The molecule has 104 valence electrons. The smallest absolute Gasteiger partial charge is 0.258 e. The first-order valence-corrected chi connectivity index (χ1v) is 6.36. The van der Waals surface area contributed by atoms with Gasteiger partial charge in [0.25, 0.3) is 5.91 Å². The number of amides is 1. The van der Waals surface area contributed by atoms with Crippen LogP contribution in [0.5, 0.6) is 5.75 Å². The number of anilines is 1. The lowest BCUT2D eigenvalue weighted by Crippen LogP contribution is -2.22. The number of hydrogen-bond donors (Lipinski definition) is 2. The van der Waals surface area contributed by atoms with Gasteiger partial charge >= 0.3 is 0 Å². The zero-order chi connectivity index (χ0) is 14.5. The van der Waals surface area contributed by atoms with Gasteiger partial charge in [-0.25, -0.2) is 0 Å². The van der Waals surface area contributed by atoms with Gasteiger partial charge in [0.05, 0.1) is 10.7 Å². The van der Waals surface area contributed by atoms with E-state index in [9.17, 15) is 9.90 Å². The van der Waals surface area contributed by atoms with Gasteiger partial charge in [-0.05, 0) is 17.7 Å². The minimum absolute atomic E-state index is 0.0411. The molecule has 1 unspecified atom stereocenters. The predicted octanol–water partition coefficient (Wildman–Crippen LogP) is 3.37. The van der Waals surface area contributed by atoms with E-state index in [-0.39, 0.29) is 16.7 Å². The number of nitrogens with one attached hydrogen (secondary N) is 1. The van der Waals surface area contributed by atoms with Crippen molar-refractivity contribution in [2.75, 3.05) is 12.4 Å². The minimum atomic E-state index is -0.721. The first kappa shape index (κ1) is 14.4. The Bertz CT molecular complexity index is 601. The standard InChI is InChI=1S/C15H14ClNO3/c1-20-14(10-5-3-2-4-6-10)15(19)17-13-8-7-11(18)9-12(13)16/h2-9,14,18H,1H3,(H,17,19). The van der Waals surface area contributed by atoms with Gasteiger partial charge in [-0.15, -0.1) is 0 Å². The van der Waals surface area contributed by atoms with Crippen molar-refractivity contribution in [1.29, 1.82) is 0 Å². The van der Waals surface area contributed by atoms with Crippen LogP contribution in [-0.4, -0.2) is 18.1 Å². The monoisotopic (exact) mass is 291 g/mol. The summed E-state index contributed by atoms with van der Waals surface area (Å²) in [5, 5.41) is 12.2. The number of ether oxygens (including phenoxy) is 1. The molecule has 0 aliphatic carbocycles. The Morgan fingerprint density at radius 2 is 1.95 bits per heavy atom. The second-order valence-corrected chi connectivity index (χ2v) is 4.59. The highest BCUT2D eigenvalue weighted by molar-refractivity contribution is 6.33. The fourth-order valence-electron chi connectivity index (χ4n) is 1.83. The van der Waals surface area contributed by atoms with E-state index in [4.69, 9.17) is 16.3 Å². The van der Waals surface area contributed by atoms with Crippen LogP contribution in [-0.2, 0) is 9.53 Å². The molecule has 0 aliphatic rings. The molecule has 4 nitrogen and oxygen atoms in total. The molecular weight excluding hydrogens is 278 g/mol. The summed E-state index contributed by atoms with van der Waals surface area (Å²) < 4.78 is 5.23. The molecule has 2 rings (SSSR count). The molecule has 0 fully saturated rings. The molecule has 0 bridgehead atoms. The highest BCUT2D eigenvalue weighted by Gasteiger charge is 2.20. The van der Waals surface area contributed by atoms with Crippen molar-refractivity contribution in [1.82, 2.24) is 0 Å². The minimum Gasteiger partial charge on any atom is -0.508 e. The Balaban J connectivity index is 2.18. The molecule has 0 radical (unpaired) electrons. The number of rotatable bonds is 4. The Kier molecular flexibility index (Phi) is 4.61.